The Hall–Kier alpha value is -13.1. The zero-order chi connectivity index (χ0) is 102. The minimum Gasteiger partial charge on any atom is -0.478 e. The first-order chi connectivity index (χ1) is 67.9. The molecule has 9 aromatic rings. The molecule has 6 saturated heterocycles. The van der Waals surface area contributed by atoms with Gasteiger partial charge in [-0.3, -0.25) is 9.59 Å². The van der Waals surface area contributed by atoms with Crippen molar-refractivity contribution in [3.05, 3.63) is 245 Å². The van der Waals surface area contributed by atoms with E-state index in [1.54, 1.807) is 36.8 Å². The predicted molar refractivity (Wildman–Crippen MR) is 556 cm³/mol. The summed E-state index contributed by atoms with van der Waals surface area (Å²) < 4.78 is 51.5. The Labute approximate surface area is 836 Å². The molecule has 0 aliphatic carbocycles. The number of aromatic carboxylic acids is 1. The predicted octanol–water partition coefficient (Wildman–Crippen LogP) is 16.5. The smallest absolute Gasteiger partial charge is 0.407 e. The fraction of sp³-hybridized carbons (Fsp3) is 0.481. The fourth-order valence-corrected chi connectivity index (χ4v) is 22.0. The van der Waals surface area contributed by atoms with Gasteiger partial charge < -0.3 is 75.5 Å². The molecule has 0 spiro atoms. The maximum atomic E-state index is 14.4. The van der Waals surface area contributed by atoms with Gasteiger partial charge in [-0.2, -0.15) is 31.1 Å². The largest absolute Gasteiger partial charge is 0.478 e. The number of carboxylic acids is 1. The van der Waals surface area contributed by atoms with E-state index < -0.39 is 39.8 Å². The molecule has 6 N–H and O–H groups in total. The zero-order valence-corrected chi connectivity index (χ0v) is 87.1. The van der Waals surface area contributed by atoms with Gasteiger partial charge in [-0.15, -0.1) is 15.3 Å². The van der Waals surface area contributed by atoms with Crippen molar-refractivity contribution in [1.29, 1.82) is 15.8 Å². The Morgan fingerprint density at radius 3 is 1.11 bits per heavy atom. The van der Waals surface area contributed by atoms with Gasteiger partial charge in [0.15, 0.2) is 17.5 Å². The van der Waals surface area contributed by atoms with Crippen LogP contribution in [-0.4, -0.2) is 241 Å². The summed E-state index contributed by atoms with van der Waals surface area (Å²) in [5.41, 5.74) is 24.5. The third-order valence-corrected chi connectivity index (χ3v) is 31.9. The van der Waals surface area contributed by atoms with E-state index in [4.69, 9.17) is 15.2 Å². The number of ether oxygens (including phenoxy) is 2. The quantitative estimate of drug-likeness (QED) is 0.0314. The molecule has 6 fully saturated rings. The number of rotatable bonds is 26. The number of aryl methyl sites for hydroxylation is 6. The van der Waals surface area contributed by atoms with Gasteiger partial charge in [0.1, 0.15) is 35.7 Å². The van der Waals surface area contributed by atoms with E-state index >= 15 is 0 Å². The minimum atomic E-state index is -1.33. The number of aromatic nitrogens is 6. The lowest BCUT2D eigenvalue weighted by Crippen LogP contribution is -2.58. The maximum absolute atomic E-state index is 14.4. The molecule has 6 aromatic carbocycles. The van der Waals surface area contributed by atoms with E-state index in [1.807, 2.05) is 86.9 Å². The van der Waals surface area contributed by atoms with Crippen LogP contribution in [0.15, 0.2) is 128 Å². The Kier molecular flexibility index (Phi) is 38.0. The van der Waals surface area contributed by atoms with E-state index in [-0.39, 0.29) is 41.9 Å². The van der Waals surface area contributed by atoms with Crippen molar-refractivity contribution in [2.75, 3.05) is 160 Å². The second kappa shape index (κ2) is 50.0. The molecule has 0 saturated carbocycles. The number of amides is 4. The van der Waals surface area contributed by atoms with Crippen molar-refractivity contribution in [2.24, 2.45) is 23.5 Å². The molecule has 4 amide bonds. The van der Waals surface area contributed by atoms with E-state index in [0.29, 0.717) is 118 Å². The Balaban J connectivity index is 0.000000176. The van der Waals surface area contributed by atoms with Crippen LogP contribution in [0.25, 0.3) is 0 Å². The van der Waals surface area contributed by atoms with Crippen LogP contribution in [0.3, 0.4) is 0 Å². The Morgan fingerprint density at radius 2 is 0.775 bits per heavy atom. The van der Waals surface area contributed by atoms with Crippen LogP contribution >= 0.6 is 0 Å². The fourth-order valence-electron chi connectivity index (χ4n) is 20.6. The number of nitrogens with one attached hydrogen (secondary N) is 3. The zero-order valence-electron chi connectivity index (χ0n) is 85.1. The van der Waals surface area contributed by atoms with E-state index in [2.05, 4.69) is 173 Å². The summed E-state index contributed by atoms with van der Waals surface area (Å²) in [5, 5.41) is 71.7. The molecule has 142 heavy (non-hydrogen) atoms. The van der Waals surface area contributed by atoms with Gasteiger partial charge in [-0.25, -0.2) is 27.6 Å². The molecule has 9 heterocycles. The lowest BCUT2D eigenvalue weighted by atomic mass is 9.83. The monoisotopic (exact) mass is 1970 g/mol. The van der Waals surface area contributed by atoms with E-state index in [0.717, 1.165) is 213 Å². The van der Waals surface area contributed by atoms with Crippen LogP contribution in [0.5, 0.6) is 0 Å². The first kappa shape index (κ1) is 108. The number of piperazine rings is 3. The number of nitrogens with zero attached hydrogens (tertiary/aromatic N) is 17. The van der Waals surface area contributed by atoms with Gasteiger partial charge in [0.05, 0.1) is 70.7 Å². The molecule has 0 bridgehead atoms. The molecule has 754 valence electrons. The van der Waals surface area contributed by atoms with Crippen molar-refractivity contribution in [3.63, 3.8) is 0 Å². The highest BCUT2D eigenvalue weighted by Gasteiger charge is 2.38. The standard InChI is InChI=1S/C38H50FN7O3Si.C32H38FN7O.C23H25FN2O2.C15H27N5O2Si/c1-26-20-27(2)36(28(3)33(26)21-29-11-14-44(15-12-29)34-10-9-31(39)22-30(34)23-40)37(47)45-16-17-46(35-8-7-13-42-43-35)32(25-45)24-41-38(48)49-18-19-50(4,5)6;1-21-15-22(2)31(32(41)39-13-14-40(27(19-35)20-39)30-5-4-10-36-37-30)23(3)28(21)16-24-8-11-38(12-9-24)29-7-6-26(33)17-25(29)18-34;1-14-10-15(2)22(23(27)28)16(3)20(14)11-17-6-8-26(9-7-17)21-5-4-19(24)12-18(21)13-25;1-23(2,3)10-9-22-15(21)17-12-13-11-16-7-8-20(13)14-5-4-6-18-19-14/h7-10,13,20,22,29,32H,11-12,14-19,21,24-25H2,1-6H3,(H,41,48);4-7,10,15,17,24,27H,8-9,11-14,16,19-20,35H2,1-3H3;4-5,10,12,17H,6-9,11H2,1-3H3,(H,27,28);4-6,13,16H,7-12H2,1-3H3,(H,17,21)/t32-;27-;;13-/m11.1/s1. The summed E-state index contributed by atoms with van der Waals surface area (Å²) in [6.07, 6.45) is 12.5. The van der Waals surface area contributed by atoms with Gasteiger partial charge in [0.25, 0.3) is 11.8 Å². The summed E-state index contributed by atoms with van der Waals surface area (Å²) in [7, 11) is -2.51. The number of nitrogens with two attached hydrogens (primary N) is 1. The third kappa shape index (κ3) is 28.7. The number of hydrogen-bond acceptors (Lipinski definition) is 24. The summed E-state index contributed by atoms with van der Waals surface area (Å²) >= 11 is 0. The topological polar surface area (TPSA) is 361 Å². The number of benzene rings is 6. The first-order valence-corrected chi connectivity index (χ1v) is 57.1. The third-order valence-electron chi connectivity index (χ3n) is 28.5. The maximum Gasteiger partial charge on any atom is 0.407 e. The number of piperidine rings is 3. The number of carboxylic acid groups (broad SMARTS) is 1. The van der Waals surface area contributed by atoms with Gasteiger partial charge in [-0.1, -0.05) is 57.5 Å². The molecule has 3 atom stereocenters. The van der Waals surface area contributed by atoms with Gasteiger partial charge >= 0.3 is 18.2 Å². The highest BCUT2D eigenvalue weighted by molar-refractivity contribution is 6.76. The second-order valence-electron chi connectivity index (χ2n) is 40.9. The van der Waals surface area contributed by atoms with Crippen molar-refractivity contribution >= 4 is 80.6 Å². The Morgan fingerprint density at radius 1 is 0.444 bits per heavy atom. The molecule has 6 aliphatic heterocycles. The van der Waals surface area contributed by atoms with E-state index in [1.165, 1.54) is 58.7 Å². The summed E-state index contributed by atoms with van der Waals surface area (Å²) in [5.74, 6) is 1.70. The van der Waals surface area contributed by atoms with Crippen LogP contribution in [0.2, 0.25) is 51.4 Å². The van der Waals surface area contributed by atoms with Gasteiger partial charge in [-0.05, 0) is 308 Å². The number of anilines is 6. The summed E-state index contributed by atoms with van der Waals surface area (Å²) in [4.78, 5) is 81.2. The molecule has 29 nitrogen and oxygen atoms in total. The van der Waals surface area contributed by atoms with E-state index in [9.17, 15) is 58.0 Å². The first-order valence-electron chi connectivity index (χ1n) is 49.7. The second-order valence-corrected chi connectivity index (χ2v) is 52.1. The number of hydrogen-bond donors (Lipinski definition) is 5. The van der Waals surface area contributed by atoms with Crippen molar-refractivity contribution < 1.29 is 51.7 Å². The molecule has 3 aromatic heterocycles. The SMILES string of the molecule is C[Si](C)(C)CCOC(=O)NC[C@H]1CNCCN1c1cccnn1.Cc1cc(C)c(C(=O)N2CCN(c3cccnn3)[C@H](CN)C2)c(C)c1CC1CCN(c2ccc(F)cc2C#N)CC1.Cc1cc(C)c(C(=O)N2CCN(c3cccnn3)[C@H](CNC(=O)OCC[Si](C)(C)C)C2)c(C)c1CC1CCN(c2ccc(F)cc2C#N)CC1.Cc1cc(C)c(C(=O)O)c(C)c1CC1CCN(c2ccc(F)cc2C#N)CC1. The number of halogens is 3. The van der Waals surface area contributed by atoms with Crippen LogP contribution in [0, 0.1) is 132 Å². The Bertz CT molecular complexity index is 6000. The highest BCUT2D eigenvalue weighted by atomic mass is 28.3. The lowest BCUT2D eigenvalue weighted by Gasteiger charge is -2.42. The molecule has 0 unspecified atom stereocenters. The van der Waals surface area contributed by atoms with Crippen LogP contribution < -0.4 is 51.1 Å². The van der Waals surface area contributed by atoms with Crippen molar-refractivity contribution in [3.8, 4) is 18.2 Å². The molecule has 0 radical (unpaired) electrons. The normalized spacial score (nSPS) is 17.1. The average Bonchev–Trinajstić information content (AvgIpc) is 0.777. The number of nitriles is 3. The van der Waals surface area contributed by atoms with Gasteiger partial charge in [0.2, 0.25) is 0 Å². The van der Waals surface area contributed by atoms with Crippen molar-refractivity contribution in [1.82, 2.24) is 56.3 Å². The number of carbonyl (C=O) groups excluding carboxylic acids is 4. The van der Waals surface area contributed by atoms with Crippen molar-refractivity contribution in [2.45, 2.75) is 190 Å². The van der Waals surface area contributed by atoms with Crippen LogP contribution in [0.1, 0.15) is 153 Å². The summed E-state index contributed by atoms with van der Waals surface area (Å²) in [6, 6.07) is 39.0. The molecule has 6 aliphatic rings. The molecule has 34 heteroatoms. The minimum absolute atomic E-state index is 0.00193. The van der Waals surface area contributed by atoms with Crippen LogP contribution in [0.4, 0.5) is 57.3 Å². The average molecular weight is 1970 g/mol. The number of alkyl carbamates (subject to hydrolysis) is 2. The molecular formula is C108H140F3N21O8Si2. The lowest BCUT2D eigenvalue weighted by molar-refractivity contribution is 0.0690. The molecule has 15 rings (SSSR count). The molecular weight excluding hydrogens is 1830 g/mol. The van der Waals surface area contributed by atoms with Crippen LogP contribution in [-0.2, 0) is 28.7 Å². The van der Waals surface area contributed by atoms with Gasteiger partial charge in [0, 0.05) is 164 Å². The number of carbonyl (C=O) groups is 5. The highest BCUT2D eigenvalue weighted by Crippen LogP contribution is 2.38. The summed E-state index contributed by atoms with van der Waals surface area (Å²) in [6.45, 7) is 44.6.